The Kier molecular flexibility index (Phi) is 6.33. The molecule has 0 spiro atoms. The molecular weight excluding hydrogens is 407 g/mol. The van der Waals surface area contributed by atoms with E-state index in [-0.39, 0.29) is 5.76 Å². The van der Waals surface area contributed by atoms with Gasteiger partial charge in [0.15, 0.2) is 5.58 Å². The van der Waals surface area contributed by atoms with E-state index >= 15 is 0 Å². The van der Waals surface area contributed by atoms with Crippen molar-refractivity contribution in [1.82, 2.24) is 9.88 Å². The van der Waals surface area contributed by atoms with Crippen molar-refractivity contribution in [3.63, 3.8) is 0 Å². The topological polar surface area (TPSA) is 49.2 Å². The smallest absolute Gasteiger partial charge is 0.408 e. The molecule has 0 unspecified atom stereocenters. The molecule has 1 aliphatic carbocycles. The lowest BCUT2D eigenvalue weighted by Gasteiger charge is -2.35. The zero-order valence-electron chi connectivity index (χ0n) is 16.6. The molecular formula is C23H26Cl2N2O2. The molecule has 29 heavy (non-hydrogen) atoms. The summed E-state index contributed by atoms with van der Waals surface area (Å²) < 4.78 is 5.22. The van der Waals surface area contributed by atoms with Gasteiger partial charge in [0.1, 0.15) is 0 Å². The summed E-state index contributed by atoms with van der Waals surface area (Å²) in [6.07, 6.45) is 6.77. The summed E-state index contributed by atoms with van der Waals surface area (Å²) in [6.45, 7) is 1.06. The first-order valence-corrected chi connectivity index (χ1v) is 11.0. The quantitative estimate of drug-likeness (QED) is 0.517. The Morgan fingerprint density at radius 3 is 2.66 bits per heavy atom. The Balaban J connectivity index is 1.27. The van der Waals surface area contributed by atoms with E-state index in [1.807, 2.05) is 30.3 Å². The number of hydrogen-bond acceptors (Lipinski definition) is 3. The number of benzene rings is 2. The van der Waals surface area contributed by atoms with Crippen molar-refractivity contribution in [2.45, 2.75) is 50.5 Å². The molecule has 1 N–H and O–H groups in total. The number of fused-ring (bicyclic) bond motifs is 1. The Labute approximate surface area is 180 Å². The van der Waals surface area contributed by atoms with Gasteiger partial charge in [-0.2, -0.15) is 0 Å². The molecule has 1 fully saturated rings. The lowest BCUT2D eigenvalue weighted by molar-refractivity contribution is 0.181. The predicted octanol–water partition coefficient (Wildman–Crippen LogP) is 6.02. The van der Waals surface area contributed by atoms with E-state index in [4.69, 9.17) is 27.6 Å². The number of nitrogens with one attached hydrogen (secondary N) is 1. The second-order valence-corrected chi connectivity index (χ2v) is 8.94. The number of halogens is 2. The molecule has 0 aliphatic heterocycles. The van der Waals surface area contributed by atoms with Crippen molar-refractivity contribution in [2.75, 3.05) is 13.6 Å². The molecule has 3 aromatic rings. The maximum Gasteiger partial charge on any atom is 0.417 e. The Hall–Kier alpha value is -1.75. The minimum absolute atomic E-state index is 0.387. The van der Waals surface area contributed by atoms with Gasteiger partial charge in [0.25, 0.3) is 0 Å². The Bertz CT molecular complexity index is 1030. The van der Waals surface area contributed by atoms with E-state index in [0.717, 1.165) is 42.8 Å². The molecule has 4 nitrogen and oxygen atoms in total. The van der Waals surface area contributed by atoms with Gasteiger partial charge in [-0.15, -0.1) is 0 Å². The summed E-state index contributed by atoms with van der Waals surface area (Å²) in [5.74, 6) is 0.152. The summed E-state index contributed by atoms with van der Waals surface area (Å²) in [5, 5.41) is 1.45. The van der Waals surface area contributed by atoms with Crippen LogP contribution >= 0.6 is 23.2 Å². The van der Waals surface area contributed by atoms with Crippen LogP contribution in [0.15, 0.2) is 45.6 Å². The molecule has 154 valence electrons. The van der Waals surface area contributed by atoms with Crippen LogP contribution in [0.5, 0.6) is 0 Å². The molecule has 0 amide bonds. The van der Waals surface area contributed by atoms with E-state index in [9.17, 15) is 4.79 Å². The van der Waals surface area contributed by atoms with Gasteiger partial charge >= 0.3 is 5.76 Å². The van der Waals surface area contributed by atoms with E-state index in [0.29, 0.717) is 22.6 Å². The van der Waals surface area contributed by atoms with Crippen LogP contribution in [-0.4, -0.2) is 29.5 Å². The summed E-state index contributed by atoms with van der Waals surface area (Å²) in [5.41, 5.74) is 3.87. The number of aromatic nitrogens is 1. The van der Waals surface area contributed by atoms with Gasteiger partial charge in [-0.3, -0.25) is 4.98 Å². The van der Waals surface area contributed by atoms with Crippen molar-refractivity contribution in [2.24, 2.45) is 0 Å². The minimum Gasteiger partial charge on any atom is -0.408 e. The van der Waals surface area contributed by atoms with Crippen molar-refractivity contribution in [1.29, 1.82) is 0 Å². The molecule has 1 aliphatic rings. The van der Waals surface area contributed by atoms with Gasteiger partial charge in [0, 0.05) is 16.1 Å². The third-order valence-corrected chi connectivity index (χ3v) is 6.80. The van der Waals surface area contributed by atoms with Gasteiger partial charge in [0.05, 0.1) is 5.52 Å². The lowest BCUT2D eigenvalue weighted by atomic mass is 9.81. The zero-order valence-corrected chi connectivity index (χ0v) is 18.1. The standard InChI is InChI=1S/C23H26Cl2N2O2/c1-27(12-2-3-16-4-8-18(24)14-20(16)25)19-9-5-15(6-10-19)17-7-11-21-22(13-17)29-23(28)26-21/h4,7-8,11,13-15,19H,2-3,5-6,9-10,12H2,1H3,(H,26,28)/t15-,19-. The van der Waals surface area contributed by atoms with Crippen molar-refractivity contribution < 1.29 is 4.42 Å². The highest BCUT2D eigenvalue weighted by Gasteiger charge is 2.25. The van der Waals surface area contributed by atoms with Crippen LogP contribution in [0.2, 0.25) is 10.0 Å². The molecule has 0 radical (unpaired) electrons. The van der Waals surface area contributed by atoms with E-state index < -0.39 is 0 Å². The SMILES string of the molecule is CN(CCCc1ccc(Cl)cc1Cl)[C@H]1CC[C@H](c2ccc3[nH]c(=O)oc3c2)CC1. The van der Waals surface area contributed by atoms with Gasteiger partial charge in [-0.25, -0.2) is 4.79 Å². The highest BCUT2D eigenvalue weighted by molar-refractivity contribution is 6.35. The first-order valence-electron chi connectivity index (χ1n) is 10.3. The van der Waals surface area contributed by atoms with Crippen LogP contribution < -0.4 is 5.76 Å². The largest absolute Gasteiger partial charge is 0.417 e. The van der Waals surface area contributed by atoms with E-state index in [1.54, 1.807) is 0 Å². The molecule has 4 rings (SSSR count). The fraction of sp³-hybridized carbons (Fsp3) is 0.435. The van der Waals surface area contributed by atoms with Gasteiger partial charge in [-0.1, -0.05) is 35.3 Å². The minimum atomic E-state index is -0.387. The number of H-pyrrole nitrogens is 1. The molecule has 2 aromatic carbocycles. The monoisotopic (exact) mass is 432 g/mol. The van der Waals surface area contributed by atoms with Gasteiger partial charge in [0.2, 0.25) is 0 Å². The fourth-order valence-electron chi connectivity index (χ4n) is 4.49. The van der Waals surface area contributed by atoms with Gasteiger partial charge in [-0.05, 0) is 93.4 Å². The van der Waals surface area contributed by atoms with Crippen LogP contribution in [0.4, 0.5) is 0 Å². The van der Waals surface area contributed by atoms with Crippen LogP contribution in [0.1, 0.15) is 49.1 Å². The first kappa shape index (κ1) is 20.5. The average Bonchev–Trinajstić information content (AvgIpc) is 3.09. The maximum atomic E-state index is 11.4. The maximum absolute atomic E-state index is 11.4. The fourth-order valence-corrected chi connectivity index (χ4v) is 4.99. The number of nitrogens with zero attached hydrogens (tertiary/aromatic N) is 1. The lowest BCUT2D eigenvalue weighted by Crippen LogP contribution is -2.35. The molecule has 0 bridgehead atoms. The van der Waals surface area contributed by atoms with Crippen LogP contribution in [0.3, 0.4) is 0 Å². The highest BCUT2D eigenvalue weighted by Crippen LogP contribution is 2.35. The molecule has 6 heteroatoms. The first-order chi connectivity index (χ1) is 14.0. The van der Waals surface area contributed by atoms with Crippen molar-refractivity contribution in [3.8, 4) is 0 Å². The summed E-state index contributed by atoms with van der Waals surface area (Å²) in [6, 6.07) is 12.5. The van der Waals surface area contributed by atoms with E-state index in [2.05, 4.69) is 23.0 Å². The molecule has 1 aromatic heterocycles. The third kappa shape index (κ3) is 4.88. The van der Waals surface area contributed by atoms with Gasteiger partial charge < -0.3 is 9.32 Å². The number of aryl methyl sites for hydroxylation is 1. The van der Waals surface area contributed by atoms with Crippen LogP contribution in [0, 0.1) is 0 Å². The average molecular weight is 433 g/mol. The predicted molar refractivity (Wildman–Crippen MR) is 119 cm³/mol. The van der Waals surface area contributed by atoms with Crippen LogP contribution in [-0.2, 0) is 6.42 Å². The summed E-state index contributed by atoms with van der Waals surface area (Å²) in [7, 11) is 2.23. The third-order valence-electron chi connectivity index (χ3n) is 6.21. The van der Waals surface area contributed by atoms with Crippen molar-refractivity contribution in [3.05, 3.63) is 68.1 Å². The Morgan fingerprint density at radius 1 is 1.10 bits per heavy atom. The van der Waals surface area contributed by atoms with Crippen LogP contribution in [0.25, 0.3) is 11.1 Å². The number of rotatable bonds is 6. The molecule has 1 heterocycles. The molecule has 0 atom stereocenters. The normalized spacial score (nSPS) is 19.9. The van der Waals surface area contributed by atoms with E-state index in [1.165, 1.54) is 24.0 Å². The zero-order chi connectivity index (χ0) is 20.4. The summed E-state index contributed by atoms with van der Waals surface area (Å²) >= 11 is 12.3. The molecule has 1 saturated carbocycles. The highest BCUT2D eigenvalue weighted by atomic mass is 35.5. The second kappa shape index (κ2) is 8.95. The number of hydrogen-bond donors (Lipinski definition) is 1. The van der Waals surface area contributed by atoms with Crippen molar-refractivity contribution >= 4 is 34.3 Å². The second-order valence-electron chi connectivity index (χ2n) is 8.10. The Morgan fingerprint density at radius 2 is 1.90 bits per heavy atom. The molecule has 0 saturated heterocycles. The summed E-state index contributed by atoms with van der Waals surface area (Å²) in [4.78, 5) is 16.6. The number of oxazole rings is 1. The number of aromatic amines is 1.